The normalized spacial score (nSPS) is 25.0. The second-order valence-electron chi connectivity index (χ2n) is 7.03. The van der Waals surface area contributed by atoms with E-state index in [0.717, 1.165) is 12.8 Å². The second-order valence-corrected chi connectivity index (χ2v) is 7.84. The van der Waals surface area contributed by atoms with Gasteiger partial charge in [0.25, 0.3) is 0 Å². The van der Waals surface area contributed by atoms with Gasteiger partial charge in [0, 0.05) is 12.3 Å². The highest BCUT2D eigenvalue weighted by Gasteiger charge is 2.38. The number of aliphatic hydroxyl groups is 1. The molecule has 1 aromatic rings. The third-order valence-corrected chi connectivity index (χ3v) is 5.32. The van der Waals surface area contributed by atoms with E-state index in [9.17, 15) is 9.90 Å². The van der Waals surface area contributed by atoms with Crippen molar-refractivity contribution in [2.75, 3.05) is 0 Å². The molecule has 0 spiro atoms. The molecule has 0 radical (unpaired) electrons. The smallest absolute Gasteiger partial charge is 0.138 e. The Hall–Kier alpha value is -0.570. The summed E-state index contributed by atoms with van der Waals surface area (Å²) < 4.78 is 0. The first-order chi connectivity index (χ1) is 9.70. The number of ketones is 1. The molecular weight excluding hydrogens is 307 g/mol. The quantitative estimate of drug-likeness (QED) is 0.823. The van der Waals surface area contributed by atoms with Crippen LogP contribution in [0.25, 0.3) is 0 Å². The van der Waals surface area contributed by atoms with Gasteiger partial charge in [-0.05, 0) is 41.9 Å². The Morgan fingerprint density at radius 1 is 1.24 bits per heavy atom. The van der Waals surface area contributed by atoms with Gasteiger partial charge in [0.15, 0.2) is 0 Å². The molecule has 0 aliphatic heterocycles. The van der Waals surface area contributed by atoms with Crippen LogP contribution < -0.4 is 0 Å². The molecule has 0 heterocycles. The molecule has 2 unspecified atom stereocenters. The van der Waals surface area contributed by atoms with Gasteiger partial charge in [-0.3, -0.25) is 4.79 Å². The number of carbonyl (C=O) groups is 1. The van der Waals surface area contributed by atoms with Gasteiger partial charge >= 0.3 is 0 Å². The zero-order valence-electron chi connectivity index (χ0n) is 12.7. The number of rotatable bonds is 2. The maximum atomic E-state index is 12.2. The number of benzene rings is 1. The average Bonchev–Trinajstić information content (AvgIpc) is 2.40. The van der Waals surface area contributed by atoms with Crippen molar-refractivity contribution in [3.05, 3.63) is 33.8 Å². The lowest BCUT2D eigenvalue weighted by Gasteiger charge is -2.38. The first-order valence-electron chi connectivity index (χ1n) is 7.36. The predicted octanol–water partition coefficient (Wildman–Crippen LogP) is 5.06. The molecule has 0 amide bonds. The van der Waals surface area contributed by atoms with Crippen LogP contribution in [-0.2, 0) is 4.79 Å². The number of aliphatic hydroxyl groups excluding tert-OH is 1. The number of Topliss-reactive ketones (excluding diaryl/α,β-unsaturated/α-hetero) is 1. The molecule has 1 saturated carbocycles. The Labute approximate surface area is 136 Å². The van der Waals surface area contributed by atoms with Gasteiger partial charge in [0.05, 0.1) is 16.1 Å². The summed E-state index contributed by atoms with van der Waals surface area (Å²) in [4.78, 5) is 12.2. The molecule has 3 atom stereocenters. The fourth-order valence-electron chi connectivity index (χ4n) is 3.08. The maximum Gasteiger partial charge on any atom is 0.138 e. The summed E-state index contributed by atoms with van der Waals surface area (Å²) in [5, 5.41) is 11.5. The van der Waals surface area contributed by atoms with Crippen molar-refractivity contribution in [3.8, 4) is 0 Å². The fraction of sp³-hybridized carbons (Fsp3) is 0.588. The van der Waals surface area contributed by atoms with Crippen molar-refractivity contribution < 1.29 is 9.90 Å². The molecule has 21 heavy (non-hydrogen) atoms. The molecule has 0 saturated heterocycles. The highest BCUT2D eigenvalue weighted by molar-refractivity contribution is 6.42. The minimum absolute atomic E-state index is 0.147. The van der Waals surface area contributed by atoms with Crippen LogP contribution in [0.3, 0.4) is 0 Å². The average molecular weight is 329 g/mol. The lowest BCUT2D eigenvalue weighted by molar-refractivity contribution is -0.131. The molecule has 2 nitrogen and oxygen atoms in total. The third-order valence-electron chi connectivity index (χ3n) is 4.58. The predicted molar refractivity (Wildman–Crippen MR) is 86.7 cm³/mol. The first kappa shape index (κ1) is 16.8. The van der Waals surface area contributed by atoms with Crippen LogP contribution in [0.4, 0.5) is 0 Å². The monoisotopic (exact) mass is 328 g/mol. The summed E-state index contributed by atoms with van der Waals surface area (Å²) in [7, 11) is 0. The van der Waals surface area contributed by atoms with E-state index in [1.807, 2.05) is 0 Å². The Bertz CT molecular complexity index is 534. The van der Waals surface area contributed by atoms with Crippen LogP contribution in [0, 0.1) is 17.3 Å². The lowest BCUT2D eigenvalue weighted by Crippen LogP contribution is -2.35. The summed E-state index contributed by atoms with van der Waals surface area (Å²) in [6.07, 6.45) is 1.37. The highest BCUT2D eigenvalue weighted by Crippen LogP contribution is 2.43. The fourth-order valence-corrected chi connectivity index (χ4v) is 3.38. The Kier molecular flexibility index (Phi) is 5.02. The minimum Gasteiger partial charge on any atom is -0.388 e. The van der Waals surface area contributed by atoms with E-state index in [0.29, 0.717) is 27.9 Å². The number of halogens is 2. The van der Waals surface area contributed by atoms with Crippen LogP contribution in [0.5, 0.6) is 0 Å². The summed E-state index contributed by atoms with van der Waals surface area (Å²) >= 11 is 11.9. The van der Waals surface area contributed by atoms with Crippen LogP contribution in [-0.4, -0.2) is 10.9 Å². The number of hydrogen-bond acceptors (Lipinski definition) is 2. The van der Waals surface area contributed by atoms with Gasteiger partial charge in [0.1, 0.15) is 5.78 Å². The van der Waals surface area contributed by atoms with Gasteiger partial charge in [-0.25, -0.2) is 0 Å². The molecule has 1 aliphatic rings. The van der Waals surface area contributed by atoms with E-state index in [4.69, 9.17) is 23.2 Å². The van der Waals surface area contributed by atoms with Crippen LogP contribution in [0.2, 0.25) is 10.0 Å². The summed E-state index contributed by atoms with van der Waals surface area (Å²) in [6, 6.07) is 5.06. The van der Waals surface area contributed by atoms with E-state index in [-0.39, 0.29) is 17.1 Å². The van der Waals surface area contributed by atoms with Crippen LogP contribution in [0.15, 0.2) is 18.2 Å². The number of carbonyl (C=O) groups excluding carboxylic acids is 1. The van der Waals surface area contributed by atoms with Gasteiger partial charge in [-0.2, -0.15) is 0 Å². The Balaban J connectivity index is 2.21. The van der Waals surface area contributed by atoms with E-state index in [1.165, 1.54) is 0 Å². The van der Waals surface area contributed by atoms with Crippen LogP contribution >= 0.6 is 23.2 Å². The topological polar surface area (TPSA) is 37.3 Å². The largest absolute Gasteiger partial charge is 0.388 e. The molecule has 1 N–H and O–H groups in total. The zero-order valence-corrected chi connectivity index (χ0v) is 14.2. The number of hydrogen-bond donors (Lipinski definition) is 1. The van der Waals surface area contributed by atoms with E-state index in [1.54, 1.807) is 18.2 Å². The van der Waals surface area contributed by atoms with E-state index < -0.39 is 6.10 Å². The minimum atomic E-state index is -0.808. The van der Waals surface area contributed by atoms with Crippen molar-refractivity contribution in [1.82, 2.24) is 0 Å². The molecule has 2 rings (SSSR count). The first-order valence-corrected chi connectivity index (χ1v) is 8.11. The van der Waals surface area contributed by atoms with E-state index in [2.05, 4.69) is 20.8 Å². The van der Waals surface area contributed by atoms with Crippen molar-refractivity contribution in [2.24, 2.45) is 17.3 Å². The van der Waals surface area contributed by atoms with Gasteiger partial charge < -0.3 is 5.11 Å². The molecule has 0 bridgehead atoms. The molecule has 1 aliphatic carbocycles. The van der Waals surface area contributed by atoms with Crippen LogP contribution in [0.1, 0.15) is 51.7 Å². The van der Waals surface area contributed by atoms with Gasteiger partial charge in [-0.1, -0.05) is 50.0 Å². The second kappa shape index (κ2) is 6.28. The SMILES string of the molecule is CC(C)(C)C1CCC(=O)C([C@H](O)c2ccc(Cl)c(Cl)c2)C1. The zero-order chi connectivity index (χ0) is 15.8. The van der Waals surface area contributed by atoms with Crippen molar-refractivity contribution in [2.45, 2.75) is 46.1 Å². The molecule has 1 aromatic carbocycles. The van der Waals surface area contributed by atoms with Crippen molar-refractivity contribution >= 4 is 29.0 Å². The van der Waals surface area contributed by atoms with E-state index >= 15 is 0 Å². The summed E-state index contributed by atoms with van der Waals surface area (Å²) in [5.74, 6) is 0.243. The molecule has 0 aromatic heterocycles. The maximum absolute atomic E-state index is 12.2. The summed E-state index contributed by atoms with van der Waals surface area (Å²) in [6.45, 7) is 6.57. The molecular formula is C17H22Cl2O2. The highest BCUT2D eigenvalue weighted by atomic mass is 35.5. The van der Waals surface area contributed by atoms with Gasteiger partial charge in [0.2, 0.25) is 0 Å². The lowest BCUT2D eigenvalue weighted by atomic mass is 9.67. The Morgan fingerprint density at radius 3 is 2.48 bits per heavy atom. The van der Waals surface area contributed by atoms with Crippen molar-refractivity contribution in [1.29, 1.82) is 0 Å². The molecule has 1 fully saturated rings. The molecule has 4 heteroatoms. The molecule has 116 valence electrons. The standard InChI is InChI=1S/C17H22Cl2O2/c1-17(2,3)11-5-7-15(20)12(9-11)16(21)10-4-6-13(18)14(19)8-10/h4,6,8,11-12,16,21H,5,7,9H2,1-3H3/t11?,12?,16-/m1/s1. The summed E-state index contributed by atoms with van der Waals surface area (Å²) in [5.41, 5.74) is 0.813. The van der Waals surface area contributed by atoms with Crippen molar-refractivity contribution in [3.63, 3.8) is 0 Å². The third kappa shape index (κ3) is 3.80. The van der Waals surface area contributed by atoms with Gasteiger partial charge in [-0.15, -0.1) is 0 Å². The Morgan fingerprint density at radius 2 is 1.90 bits per heavy atom.